The summed E-state index contributed by atoms with van der Waals surface area (Å²) in [6.07, 6.45) is 0.905. The number of aromatic carboxylic acids is 1. The van der Waals surface area contributed by atoms with E-state index in [-0.39, 0.29) is 17.4 Å². The Morgan fingerprint density at radius 1 is 1.56 bits per heavy atom. The van der Waals surface area contributed by atoms with E-state index in [1.807, 2.05) is 14.1 Å². The van der Waals surface area contributed by atoms with E-state index in [4.69, 9.17) is 5.11 Å². The number of carbonyl (C=O) groups is 2. The molecule has 18 heavy (non-hydrogen) atoms. The van der Waals surface area contributed by atoms with Crippen molar-refractivity contribution in [2.45, 2.75) is 12.5 Å². The van der Waals surface area contributed by atoms with Gasteiger partial charge in [0, 0.05) is 25.2 Å². The average molecular weight is 253 g/mol. The molecule has 1 aliphatic rings. The smallest absolute Gasteiger partial charge is 0.374 e. The van der Waals surface area contributed by atoms with Crippen LogP contribution < -0.4 is 0 Å². The fourth-order valence-corrected chi connectivity index (χ4v) is 1.99. The van der Waals surface area contributed by atoms with Crippen LogP contribution in [-0.2, 0) is 0 Å². The fraction of sp³-hybridized carbons (Fsp3) is 0.545. The van der Waals surface area contributed by atoms with Gasteiger partial charge in [-0.3, -0.25) is 4.79 Å². The zero-order valence-corrected chi connectivity index (χ0v) is 10.3. The largest absolute Gasteiger partial charge is 0.475 e. The zero-order chi connectivity index (χ0) is 13.3. The van der Waals surface area contributed by atoms with Crippen molar-refractivity contribution in [1.82, 2.24) is 15.0 Å². The summed E-state index contributed by atoms with van der Waals surface area (Å²) < 4.78 is 4.57. The lowest BCUT2D eigenvalue weighted by atomic mass is 10.2. The summed E-state index contributed by atoms with van der Waals surface area (Å²) in [6.45, 7) is 1.28. The molecule has 1 aromatic rings. The molecule has 0 saturated carbocycles. The first-order chi connectivity index (χ1) is 8.49. The van der Waals surface area contributed by atoms with Crippen molar-refractivity contribution in [1.29, 1.82) is 0 Å². The molecule has 1 N–H and O–H groups in total. The molecule has 0 spiro atoms. The third kappa shape index (κ3) is 2.35. The molecule has 2 heterocycles. The predicted molar refractivity (Wildman–Crippen MR) is 61.5 cm³/mol. The monoisotopic (exact) mass is 253 g/mol. The SMILES string of the molecule is CN(C)C1CCN(C(=O)c2cc(C(=O)O)on2)C1. The number of aromatic nitrogens is 1. The summed E-state index contributed by atoms with van der Waals surface area (Å²) in [5.41, 5.74) is 0.0480. The van der Waals surface area contributed by atoms with Gasteiger partial charge >= 0.3 is 5.97 Å². The van der Waals surface area contributed by atoms with Gasteiger partial charge < -0.3 is 19.4 Å². The van der Waals surface area contributed by atoms with Crippen molar-refractivity contribution in [3.63, 3.8) is 0 Å². The maximum atomic E-state index is 12.0. The van der Waals surface area contributed by atoms with E-state index in [0.29, 0.717) is 19.1 Å². The highest BCUT2D eigenvalue weighted by atomic mass is 16.5. The standard InChI is InChI=1S/C11H15N3O4/c1-13(2)7-3-4-14(6-7)10(15)8-5-9(11(16)17)18-12-8/h5,7H,3-4,6H2,1-2H3,(H,16,17). The van der Waals surface area contributed by atoms with Crippen molar-refractivity contribution >= 4 is 11.9 Å². The number of likely N-dealkylation sites (N-methyl/N-ethyl adjacent to an activating group) is 1. The lowest BCUT2D eigenvalue weighted by molar-refractivity contribution is 0.0649. The van der Waals surface area contributed by atoms with Crippen LogP contribution in [0.1, 0.15) is 27.5 Å². The molecule has 0 aliphatic carbocycles. The second-order valence-corrected chi connectivity index (χ2v) is 4.54. The van der Waals surface area contributed by atoms with Gasteiger partial charge in [-0.05, 0) is 20.5 Å². The number of nitrogens with zero attached hydrogens (tertiary/aromatic N) is 3. The predicted octanol–water partition coefficient (Wildman–Crippen LogP) is 0.149. The number of carboxylic acids is 1. The molecule has 1 unspecified atom stereocenters. The van der Waals surface area contributed by atoms with Crippen molar-refractivity contribution < 1.29 is 19.2 Å². The lowest BCUT2D eigenvalue weighted by Crippen LogP contribution is -2.34. The maximum absolute atomic E-state index is 12.0. The Hall–Kier alpha value is -1.89. The summed E-state index contributed by atoms with van der Waals surface area (Å²) in [4.78, 5) is 26.4. The second-order valence-electron chi connectivity index (χ2n) is 4.54. The first-order valence-corrected chi connectivity index (χ1v) is 5.64. The summed E-state index contributed by atoms with van der Waals surface area (Å²) in [7, 11) is 3.94. The molecule has 1 atom stereocenters. The number of likely N-dealkylation sites (tertiary alicyclic amines) is 1. The van der Waals surface area contributed by atoms with E-state index in [9.17, 15) is 9.59 Å². The number of carboxylic acid groups (broad SMARTS) is 1. The number of carbonyl (C=O) groups excluding carboxylic acids is 1. The first kappa shape index (κ1) is 12.6. The quantitative estimate of drug-likeness (QED) is 0.825. The second kappa shape index (κ2) is 4.77. The minimum absolute atomic E-state index is 0.0480. The van der Waals surface area contributed by atoms with Crippen LogP contribution in [0.3, 0.4) is 0 Å². The molecule has 1 amide bonds. The Labute approximate surface area is 104 Å². The molecule has 7 nitrogen and oxygen atoms in total. The van der Waals surface area contributed by atoms with Gasteiger partial charge in [0.25, 0.3) is 5.91 Å². The van der Waals surface area contributed by atoms with Crippen LogP contribution in [0.15, 0.2) is 10.6 Å². The molecule has 1 aromatic heterocycles. The third-order valence-corrected chi connectivity index (χ3v) is 3.12. The van der Waals surface area contributed by atoms with Crippen LogP contribution in [0.4, 0.5) is 0 Å². The van der Waals surface area contributed by atoms with Gasteiger partial charge in [-0.25, -0.2) is 4.79 Å². The Morgan fingerprint density at radius 2 is 2.28 bits per heavy atom. The van der Waals surface area contributed by atoms with Crippen molar-refractivity contribution in [3.8, 4) is 0 Å². The highest BCUT2D eigenvalue weighted by Crippen LogP contribution is 2.16. The fourth-order valence-electron chi connectivity index (χ4n) is 1.99. The van der Waals surface area contributed by atoms with Crippen LogP contribution in [0, 0.1) is 0 Å². The maximum Gasteiger partial charge on any atom is 0.374 e. The summed E-state index contributed by atoms with van der Waals surface area (Å²) >= 11 is 0. The van der Waals surface area contributed by atoms with Crippen LogP contribution in [0.25, 0.3) is 0 Å². The van der Waals surface area contributed by atoms with E-state index in [1.165, 1.54) is 0 Å². The van der Waals surface area contributed by atoms with Crippen molar-refractivity contribution in [3.05, 3.63) is 17.5 Å². The summed E-state index contributed by atoms with van der Waals surface area (Å²) in [5, 5.41) is 12.2. The summed E-state index contributed by atoms with van der Waals surface area (Å²) in [5.74, 6) is -1.83. The lowest BCUT2D eigenvalue weighted by Gasteiger charge is -2.19. The highest BCUT2D eigenvalue weighted by Gasteiger charge is 2.30. The van der Waals surface area contributed by atoms with Crippen LogP contribution in [0.2, 0.25) is 0 Å². The van der Waals surface area contributed by atoms with E-state index in [2.05, 4.69) is 14.6 Å². The average Bonchev–Trinajstić information content (AvgIpc) is 2.97. The Balaban J connectivity index is 2.05. The molecule has 1 saturated heterocycles. The van der Waals surface area contributed by atoms with E-state index < -0.39 is 5.97 Å². The van der Waals surface area contributed by atoms with Crippen LogP contribution in [0.5, 0.6) is 0 Å². The topological polar surface area (TPSA) is 86.9 Å². The molecular weight excluding hydrogens is 238 g/mol. The molecule has 1 aliphatic heterocycles. The van der Waals surface area contributed by atoms with Gasteiger partial charge in [-0.15, -0.1) is 0 Å². The molecule has 7 heteroatoms. The van der Waals surface area contributed by atoms with Gasteiger partial charge in [0.2, 0.25) is 5.76 Å². The normalized spacial score (nSPS) is 19.5. The Kier molecular flexibility index (Phi) is 3.33. The zero-order valence-electron chi connectivity index (χ0n) is 10.3. The third-order valence-electron chi connectivity index (χ3n) is 3.12. The molecule has 1 fully saturated rings. The number of rotatable bonds is 3. The Morgan fingerprint density at radius 3 is 2.78 bits per heavy atom. The number of hydrogen-bond acceptors (Lipinski definition) is 5. The molecule has 0 bridgehead atoms. The minimum atomic E-state index is -1.23. The van der Waals surface area contributed by atoms with E-state index >= 15 is 0 Å². The highest BCUT2D eigenvalue weighted by molar-refractivity contribution is 5.95. The van der Waals surface area contributed by atoms with Crippen LogP contribution >= 0.6 is 0 Å². The van der Waals surface area contributed by atoms with E-state index in [1.54, 1.807) is 4.90 Å². The van der Waals surface area contributed by atoms with Gasteiger partial charge in [-0.2, -0.15) is 0 Å². The van der Waals surface area contributed by atoms with Crippen LogP contribution in [-0.4, -0.2) is 65.2 Å². The van der Waals surface area contributed by atoms with Gasteiger partial charge in [0.1, 0.15) is 0 Å². The first-order valence-electron chi connectivity index (χ1n) is 5.64. The van der Waals surface area contributed by atoms with Gasteiger partial charge in [0.15, 0.2) is 5.69 Å². The molecule has 98 valence electrons. The molecule has 0 aromatic carbocycles. The number of amides is 1. The van der Waals surface area contributed by atoms with Crippen molar-refractivity contribution in [2.24, 2.45) is 0 Å². The minimum Gasteiger partial charge on any atom is -0.475 e. The molecular formula is C11H15N3O4. The van der Waals surface area contributed by atoms with Gasteiger partial charge in [-0.1, -0.05) is 5.16 Å². The van der Waals surface area contributed by atoms with E-state index in [0.717, 1.165) is 12.5 Å². The Bertz CT molecular complexity index is 469. The van der Waals surface area contributed by atoms with Gasteiger partial charge in [0.05, 0.1) is 0 Å². The molecule has 0 radical (unpaired) electrons. The summed E-state index contributed by atoms with van der Waals surface area (Å²) in [6, 6.07) is 1.49. The number of hydrogen-bond donors (Lipinski definition) is 1. The van der Waals surface area contributed by atoms with Crippen molar-refractivity contribution in [2.75, 3.05) is 27.2 Å². The molecule has 2 rings (SSSR count).